The molecule has 0 heterocycles. The predicted octanol–water partition coefficient (Wildman–Crippen LogP) is 2.95. The average Bonchev–Trinajstić information content (AvgIpc) is 2.49. The van der Waals surface area contributed by atoms with Gasteiger partial charge in [0.25, 0.3) is 0 Å². The summed E-state index contributed by atoms with van der Waals surface area (Å²) < 4.78 is 5.08. The molecule has 0 saturated carbocycles. The van der Waals surface area contributed by atoms with Crippen molar-refractivity contribution in [2.45, 2.75) is 12.8 Å². The van der Waals surface area contributed by atoms with Crippen LogP contribution >= 0.6 is 11.6 Å². The molecule has 0 aromatic heterocycles. The minimum atomic E-state index is -0.962. The van der Waals surface area contributed by atoms with Crippen LogP contribution < -0.4 is 10.1 Å². The third-order valence-corrected chi connectivity index (χ3v) is 3.85. The number of amides is 1. The van der Waals surface area contributed by atoms with E-state index in [2.05, 4.69) is 5.32 Å². The normalized spacial score (nSPS) is 20.9. The molecule has 0 radical (unpaired) electrons. The molecule has 2 N–H and O–H groups in total. The third-order valence-electron chi connectivity index (χ3n) is 3.52. The van der Waals surface area contributed by atoms with Crippen molar-refractivity contribution in [3.8, 4) is 5.75 Å². The molecule has 0 aliphatic heterocycles. The zero-order valence-electron chi connectivity index (χ0n) is 11.5. The maximum atomic E-state index is 12.3. The van der Waals surface area contributed by atoms with E-state index in [4.69, 9.17) is 16.3 Å². The quantitative estimate of drug-likeness (QED) is 0.838. The van der Waals surface area contributed by atoms with Gasteiger partial charge in [0.2, 0.25) is 5.91 Å². The summed E-state index contributed by atoms with van der Waals surface area (Å²) in [6.45, 7) is 0. The Morgan fingerprint density at radius 3 is 2.57 bits per heavy atom. The number of nitrogens with one attached hydrogen (secondary N) is 1. The fourth-order valence-electron chi connectivity index (χ4n) is 2.33. The largest absolute Gasteiger partial charge is 0.497 e. The fraction of sp³-hybridized carbons (Fsp3) is 0.333. The number of hydrogen-bond donors (Lipinski definition) is 2. The fourth-order valence-corrected chi connectivity index (χ4v) is 2.49. The van der Waals surface area contributed by atoms with Crippen molar-refractivity contribution in [2.75, 3.05) is 12.4 Å². The Hall–Kier alpha value is -2.01. The minimum absolute atomic E-state index is 0.345. The van der Waals surface area contributed by atoms with Crippen LogP contribution in [-0.2, 0) is 9.59 Å². The molecule has 0 unspecified atom stereocenters. The van der Waals surface area contributed by atoms with E-state index in [1.807, 2.05) is 6.08 Å². The van der Waals surface area contributed by atoms with Crippen LogP contribution in [0.15, 0.2) is 30.4 Å². The van der Waals surface area contributed by atoms with Gasteiger partial charge in [0.05, 0.1) is 29.7 Å². The summed E-state index contributed by atoms with van der Waals surface area (Å²) in [7, 11) is 1.52. The molecule has 1 amide bonds. The number of carboxylic acids is 1. The molecule has 1 aliphatic rings. The van der Waals surface area contributed by atoms with Crippen molar-refractivity contribution in [3.05, 3.63) is 35.4 Å². The molecular formula is C15H16ClNO4. The lowest BCUT2D eigenvalue weighted by atomic mass is 9.82. The van der Waals surface area contributed by atoms with Gasteiger partial charge in [-0.1, -0.05) is 23.8 Å². The molecule has 1 aromatic rings. The summed E-state index contributed by atoms with van der Waals surface area (Å²) in [6, 6.07) is 4.90. The number of halogens is 1. The lowest BCUT2D eigenvalue weighted by molar-refractivity contribution is -0.146. The van der Waals surface area contributed by atoms with Gasteiger partial charge in [0.1, 0.15) is 5.75 Å². The van der Waals surface area contributed by atoms with Crippen molar-refractivity contribution in [1.82, 2.24) is 0 Å². The van der Waals surface area contributed by atoms with E-state index in [-0.39, 0.29) is 5.91 Å². The van der Waals surface area contributed by atoms with Crippen molar-refractivity contribution >= 4 is 29.2 Å². The van der Waals surface area contributed by atoms with Crippen LogP contribution in [0.2, 0.25) is 5.02 Å². The number of rotatable bonds is 4. The summed E-state index contributed by atoms with van der Waals surface area (Å²) in [5.41, 5.74) is 0.416. The second kappa shape index (κ2) is 6.63. The number of allylic oxidation sites excluding steroid dienone is 2. The van der Waals surface area contributed by atoms with Gasteiger partial charge in [-0.25, -0.2) is 0 Å². The summed E-state index contributed by atoms with van der Waals surface area (Å²) >= 11 is 6.03. The molecule has 0 fully saturated rings. The molecule has 21 heavy (non-hydrogen) atoms. The zero-order chi connectivity index (χ0) is 15.4. The number of carbonyl (C=O) groups excluding carboxylic acids is 1. The summed E-state index contributed by atoms with van der Waals surface area (Å²) in [6.07, 6.45) is 4.39. The van der Waals surface area contributed by atoms with Gasteiger partial charge >= 0.3 is 5.97 Å². The highest BCUT2D eigenvalue weighted by atomic mass is 35.5. The zero-order valence-corrected chi connectivity index (χ0v) is 12.3. The first-order chi connectivity index (χ1) is 10.0. The summed E-state index contributed by atoms with van der Waals surface area (Å²) in [5, 5.41) is 12.3. The van der Waals surface area contributed by atoms with E-state index in [0.717, 1.165) is 0 Å². The Kier molecular flexibility index (Phi) is 4.85. The Morgan fingerprint density at radius 1 is 1.29 bits per heavy atom. The van der Waals surface area contributed by atoms with Crippen LogP contribution in [0.25, 0.3) is 0 Å². The molecule has 2 atom stereocenters. The first-order valence-corrected chi connectivity index (χ1v) is 6.93. The van der Waals surface area contributed by atoms with E-state index < -0.39 is 17.8 Å². The molecule has 0 bridgehead atoms. The topological polar surface area (TPSA) is 75.6 Å². The van der Waals surface area contributed by atoms with Crippen molar-refractivity contribution < 1.29 is 19.4 Å². The van der Waals surface area contributed by atoms with E-state index in [1.54, 1.807) is 24.3 Å². The molecule has 1 aromatic carbocycles. The monoisotopic (exact) mass is 309 g/mol. The SMILES string of the molecule is COc1ccc(Cl)c(NC(=O)[C@@H]2CC=CC[C@@H]2C(=O)O)c1. The van der Waals surface area contributed by atoms with Gasteiger partial charge in [-0.15, -0.1) is 0 Å². The molecule has 0 spiro atoms. The molecule has 1 aliphatic carbocycles. The average molecular weight is 310 g/mol. The summed E-state index contributed by atoms with van der Waals surface area (Å²) in [4.78, 5) is 23.6. The number of anilines is 1. The number of ether oxygens (including phenoxy) is 1. The van der Waals surface area contributed by atoms with Crippen molar-refractivity contribution in [1.29, 1.82) is 0 Å². The molecular weight excluding hydrogens is 294 g/mol. The predicted molar refractivity (Wildman–Crippen MR) is 79.6 cm³/mol. The van der Waals surface area contributed by atoms with Crippen LogP contribution in [0, 0.1) is 11.8 Å². The maximum absolute atomic E-state index is 12.3. The maximum Gasteiger partial charge on any atom is 0.307 e. The highest BCUT2D eigenvalue weighted by Gasteiger charge is 2.34. The first-order valence-electron chi connectivity index (χ1n) is 6.55. The smallest absolute Gasteiger partial charge is 0.307 e. The van der Waals surface area contributed by atoms with Gasteiger partial charge in [-0.3, -0.25) is 9.59 Å². The van der Waals surface area contributed by atoms with Crippen LogP contribution in [-0.4, -0.2) is 24.1 Å². The van der Waals surface area contributed by atoms with Crippen LogP contribution in [0.3, 0.4) is 0 Å². The molecule has 112 valence electrons. The number of aliphatic carboxylic acids is 1. The highest BCUT2D eigenvalue weighted by Crippen LogP contribution is 2.30. The third kappa shape index (κ3) is 3.55. The Bertz CT molecular complexity index is 585. The molecule has 6 heteroatoms. The Labute approximate surface area is 127 Å². The second-order valence-electron chi connectivity index (χ2n) is 4.83. The van der Waals surface area contributed by atoms with E-state index >= 15 is 0 Å². The lowest BCUT2D eigenvalue weighted by Gasteiger charge is -2.24. The van der Waals surface area contributed by atoms with Gasteiger partial charge in [-0.05, 0) is 25.0 Å². The molecule has 2 rings (SSSR count). The number of carbonyl (C=O) groups is 2. The van der Waals surface area contributed by atoms with Gasteiger partial charge in [0, 0.05) is 6.07 Å². The van der Waals surface area contributed by atoms with Gasteiger partial charge in [0.15, 0.2) is 0 Å². The van der Waals surface area contributed by atoms with Crippen molar-refractivity contribution in [3.63, 3.8) is 0 Å². The summed E-state index contributed by atoms with van der Waals surface area (Å²) in [5.74, 6) is -2.06. The van der Waals surface area contributed by atoms with E-state index in [9.17, 15) is 14.7 Å². The standard InChI is InChI=1S/C15H16ClNO4/c1-21-9-6-7-12(16)13(8-9)17-14(18)10-4-2-3-5-11(10)15(19)20/h2-3,6-8,10-11H,4-5H2,1H3,(H,17,18)(H,19,20)/t10-,11+/m1/s1. The van der Waals surface area contributed by atoms with Crippen LogP contribution in [0.4, 0.5) is 5.69 Å². The van der Waals surface area contributed by atoms with Crippen LogP contribution in [0.5, 0.6) is 5.75 Å². The van der Waals surface area contributed by atoms with Gasteiger partial charge in [-0.2, -0.15) is 0 Å². The highest BCUT2D eigenvalue weighted by molar-refractivity contribution is 6.33. The second-order valence-corrected chi connectivity index (χ2v) is 5.24. The van der Waals surface area contributed by atoms with E-state index in [1.165, 1.54) is 7.11 Å². The molecule has 5 nitrogen and oxygen atoms in total. The van der Waals surface area contributed by atoms with Crippen LogP contribution in [0.1, 0.15) is 12.8 Å². The van der Waals surface area contributed by atoms with Gasteiger partial charge < -0.3 is 15.2 Å². The first kappa shape index (κ1) is 15.4. The number of methoxy groups -OCH3 is 1. The number of hydrogen-bond acceptors (Lipinski definition) is 3. The minimum Gasteiger partial charge on any atom is -0.497 e. The molecule has 0 saturated heterocycles. The lowest BCUT2D eigenvalue weighted by Crippen LogP contribution is -2.34. The Balaban J connectivity index is 2.17. The number of benzene rings is 1. The van der Waals surface area contributed by atoms with Crippen molar-refractivity contribution in [2.24, 2.45) is 11.8 Å². The van der Waals surface area contributed by atoms with E-state index in [0.29, 0.717) is 29.3 Å². The Morgan fingerprint density at radius 2 is 1.95 bits per heavy atom. The number of carboxylic acid groups (broad SMARTS) is 1.